The molecule has 0 amide bonds. The average molecular weight is 328 g/mol. The van der Waals surface area contributed by atoms with E-state index in [0.717, 1.165) is 5.92 Å². The first-order valence-corrected chi connectivity index (χ1v) is 8.45. The van der Waals surface area contributed by atoms with Crippen molar-refractivity contribution in [1.29, 1.82) is 0 Å². The summed E-state index contributed by atoms with van der Waals surface area (Å²) in [6.45, 7) is 2.68. The van der Waals surface area contributed by atoms with Crippen LogP contribution in [0.1, 0.15) is 49.4 Å². The van der Waals surface area contributed by atoms with Crippen LogP contribution in [0.25, 0.3) is 0 Å². The van der Waals surface area contributed by atoms with Gasteiger partial charge in [-0.15, -0.1) is 0 Å². The van der Waals surface area contributed by atoms with Crippen LogP contribution < -0.4 is 0 Å². The standard InChI is InChI=1S/C17H23Cl2NO/c1-3-12-4-7-14(8-5-12)20(2)11-17(21)15-9-6-13(18)10-16(15)19/h6,9-10,12,14H,3-5,7-8,11H2,1-2H3. The van der Waals surface area contributed by atoms with E-state index in [4.69, 9.17) is 23.2 Å². The van der Waals surface area contributed by atoms with Crippen LogP contribution in [0, 0.1) is 5.92 Å². The molecule has 0 aliphatic heterocycles. The zero-order valence-corrected chi connectivity index (χ0v) is 14.3. The number of hydrogen-bond acceptors (Lipinski definition) is 2. The van der Waals surface area contributed by atoms with Crippen LogP contribution in [0.4, 0.5) is 0 Å². The Morgan fingerprint density at radius 1 is 1.24 bits per heavy atom. The Hall–Kier alpha value is -0.570. The number of halogens is 2. The Balaban J connectivity index is 1.93. The van der Waals surface area contributed by atoms with E-state index in [1.807, 2.05) is 7.05 Å². The number of likely N-dealkylation sites (N-methyl/N-ethyl adjacent to an activating group) is 1. The van der Waals surface area contributed by atoms with Gasteiger partial charge in [0.15, 0.2) is 5.78 Å². The van der Waals surface area contributed by atoms with Crippen molar-refractivity contribution >= 4 is 29.0 Å². The highest BCUT2D eigenvalue weighted by Gasteiger charge is 2.24. The topological polar surface area (TPSA) is 20.3 Å². The van der Waals surface area contributed by atoms with Crippen molar-refractivity contribution in [3.05, 3.63) is 33.8 Å². The van der Waals surface area contributed by atoms with Crippen LogP contribution >= 0.6 is 23.2 Å². The summed E-state index contributed by atoms with van der Waals surface area (Å²) in [5.41, 5.74) is 0.565. The zero-order chi connectivity index (χ0) is 15.4. The Kier molecular flexibility index (Phi) is 6.09. The third-order valence-corrected chi connectivity index (χ3v) is 5.19. The smallest absolute Gasteiger partial charge is 0.178 e. The van der Waals surface area contributed by atoms with Crippen molar-refractivity contribution in [2.75, 3.05) is 13.6 Å². The lowest BCUT2D eigenvalue weighted by atomic mass is 9.84. The molecule has 0 bridgehead atoms. The van der Waals surface area contributed by atoms with Crippen LogP contribution in [0.2, 0.25) is 10.0 Å². The van der Waals surface area contributed by atoms with E-state index in [-0.39, 0.29) is 5.78 Å². The van der Waals surface area contributed by atoms with Gasteiger partial charge in [-0.05, 0) is 56.8 Å². The van der Waals surface area contributed by atoms with Gasteiger partial charge in [0.1, 0.15) is 0 Å². The second-order valence-corrected chi connectivity index (χ2v) is 6.89. The van der Waals surface area contributed by atoms with Crippen LogP contribution in [-0.2, 0) is 0 Å². The van der Waals surface area contributed by atoms with E-state index in [2.05, 4.69) is 11.8 Å². The van der Waals surface area contributed by atoms with E-state index in [9.17, 15) is 4.79 Å². The fourth-order valence-corrected chi connectivity index (χ4v) is 3.66. The van der Waals surface area contributed by atoms with Crippen molar-refractivity contribution in [1.82, 2.24) is 4.90 Å². The number of nitrogens with zero attached hydrogens (tertiary/aromatic N) is 1. The van der Waals surface area contributed by atoms with Crippen molar-refractivity contribution in [2.45, 2.75) is 45.1 Å². The van der Waals surface area contributed by atoms with Gasteiger partial charge in [0.2, 0.25) is 0 Å². The van der Waals surface area contributed by atoms with E-state index >= 15 is 0 Å². The van der Waals surface area contributed by atoms with Gasteiger partial charge in [0.05, 0.1) is 11.6 Å². The van der Waals surface area contributed by atoms with Gasteiger partial charge in [0.25, 0.3) is 0 Å². The summed E-state index contributed by atoms with van der Waals surface area (Å²) in [5.74, 6) is 0.938. The third-order valence-electron chi connectivity index (χ3n) is 4.64. The third kappa shape index (κ3) is 4.45. The lowest BCUT2D eigenvalue weighted by Crippen LogP contribution is -2.38. The Bertz CT molecular complexity index is 496. The average Bonchev–Trinajstić information content (AvgIpc) is 2.47. The van der Waals surface area contributed by atoms with Crippen LogP contribution in [-0.4, -0.2) is 30.3 Å². The van der Waals surface area contributed by atoms with Crippen molar-refractivity contribution in [2.24, 2.45) is 5.92 Å². The molecular weight excluding hydrogens is 305 g/mol. The molecule has 2 nitrogen and oxygen atoms in total. The van der Waals surface area contributed by atoms with E-state index in [0.29, 0.717) is 28.2 Å². The molecule has 0 spiro atoms. The highest BCUT2D eigenvalue weighted by Crippen LogP contribution is 2.29. The summed E-state index contributed by atoms with van der Waals surface area (Å²) >= 11 is 12.0. The number of carbonyl (C=O) groups is 1. The summed E-state index contributed by atoms with van der Waals surface area (Å²) in [7, 11) is 2.04. The van der Waals surface area contributed by atoms with Crippen molar-refractivity contribution in [3.63, 3.8) is 0 Å². The number of benzene rings is 1. The first kappa shape index (κ1) is 16.8. The van der Waals surface area contributed by atoms with E-state index < -0.39 is 0 Å². The van der Waals surface area contributed by atoms with E-state index in [1.54, 1.807) is 18.2 Å². The molecule has 0 N–H and O–H groups in total. The first-order valence-electron chi connectivity index (χ1n) is 7.69. The lowest BCUT2D eigenvalue weighted by molar-refractivity contribution is 0.0885. The number of carbonyl (C=O) groups excluding carboxylic acids is 1. The molecule has 1 aromatic carbocycles. The van der Waals surface area contributed by atoms with Gasteiger partial charge in [-0.3, -0.25) is 9.69 Å². The molecule has 0 atom stereocenters. The molecule has 1 saturated carbocycles. The number of hydrogen-bond donors (Lipinski definition) is 0. The minimum atomic E-state index is 0.0665. The highest BCUT2D eigenvalue weighted by atomic mass is 35.5. The summed E-state index contributed by atoms with van der Waals surface area (Å²) in [6, 6.07) is 5.58. The molecule has 1 aromatic rings. The van der Waals surface area contributed by atoms with Gasteiger partial charge in [-0.25, -0.2) is 0 Å². The molecule has 1 aliphatic rings. The molecule has 2 rings (SSSR count). The Labute approximate surface area is 137 Å². The predicted molar refractivity (Wildman–Crippen MR) is 89.5 cm³/mol. The van der Waals surface area contributed by atoms with Gasteiger partial charge >= 0.3 is 0 Å². The molecule has 0 unspecified atom stereocenters. The zero-order valence-electron chi connectivity index (χ0n) is 12.7. The predicted octanol–water partition coefficient (Wildman–Crippen LogP) is 5.08. The maximum atomic E-state index is 12.4. The quantitative estimate of drug-likeness (QED) is 0.703. The second kappa shape index (κ2) is 7.62. The first-order chi connectivity index (χ1) is 10.0. The highest BCUT2D eigenvalue weighted by molar-refractivity contribution is 6.36. The van der Waals surface area contributed by atoms with Gasteiger partial charge < -0.3 is 0 Å². The molecule has 0 radical (unpaired) electrons. The number of Topliss-reactive ketones (excluding diaryl/α,β-unsaturated/α-hetero) is 1. The lowest BCUT2D eigenvalue weighted by Gasteiger charge is -2.34. The summed E-state index contributed by atoms with van der Waals surface area (Å²) < 4.78 is 0. The normalized spacial score (nSPS) is 22.5. The van der Waals surface area contributed by atoms with Crippen LogP contribution in [0.3, 0.4) is 0 Å². The maximum Gasteiger partial charge on any atom is 0.178 e. The fourth-order valence-electron chi connectivity index (χ4n) is 3.15. The monoisotopic (exact) mass is 327 g/mol. The van der Waals surface area contributed by atoms with Gasteiger partial charge in [0, 0.05) is 16.6 Å². The molecule has 0 saturated heterocycles. The summed E-state index contributed by atoms with van der Waals surface area (Å²) in [6.07, 6.45) is 6.21. The second-order valence-electron chi connectivity index (χ2n) is 6.05. The van der Waals surface area contributed by atoms with Crippen molar-refractivity contribution in [3.8, 4) is 0 Å². The molecule has 21 heavy (non-hydrogen) atoms. The van der Waals surface area contributed by atoms with Crippen LogP contribution in [0.15, 0.2) is 18.2 Å². The number of rotatable bonds is 5. The largest absolute Gasteiger partial charge is 0.296 e. The Morgan fingerprint density at radius 2 is 1.90 bits per heavy atom. The van der Waals surface area contributed by atoms with Crippen LogP contribution in [0.5, 0.6) is 0 Å². The minimum absolute atomic E-state index is 0.0665. The summed E-state index contributed by atoms with van der Waals surface area (Å²) in [5, 5.41) is 0.999. The van der Waals surface area contributed by atoms with Crippen molar-refractivity contribution < 1.29 is 4.79 Å². The van der Waals surface area contributed by atoms with Gasteiger partial charge in [-0.1, -0.05) is 36.5 Å². The van der Waals surface area contributed by atoms with Gasteiger partial charge in [-0.2, -0.15) is 0 Å². The Morgan fingerprint density at radius 3 is 2.48 bits per heavy atom. The molecule has 1 aliphatic carbocycles. The minimum Gasteiger partial charge on any atom is -0.296 e. The molecule has 116 valence electrons. The molecule has 0 heterocycles. The number of ketones is 1. The molecular formula is C17H23Cl2NO. The molecule has 1 fully saturated rings. The SMILES string of the molecule is CCC1CCC(N(C)CC(=O)c2ccc(Cl)cc2Cl)CC1. The summed E-state index contributed by atoms with van der Waals surface area (Å²) in [4.78, 5) is 14.6. The molecule has 0 aromatic heterocycles. The molecule has 4 heteroatoms. The van der Waals surface area contributed by atoms with E-state index in [1.165, 1.54) is 32.1 Å². The maximum absolute atomic E-state index is 12.4. The fraction of sp³-hybridized carbons (Fsp3) is 0.588.